The molecule has 5 N–H and O–H groups in total. The van der Waals surface area contributed by atoms with Crippen LogP contribution in [0.4, 0.5) is 5.69 Å². The molecular formula is C14H27N5O4S. The molecule has 0 amide bonds. The first-order valence-corrected chi connectivity index (χ1v) is 9.01. The van der Waals surface area contributed by atoms with Crippen LogP contribution in [0.25, 0.3) is 0 Å². The summed E-state index contributed by atoms with van der Waals surface area (Å²) in [7, 11) is -0.548. The summed E-state index contributed by atoms with van der Waals surface area (Å²) in [5.74, 6) is 0. The summed E-state index contributed by atoms with van der Waals surface area (Å²) in [6.07, 6.45) is 1.58. The van der Waals surface area contributed by atoms with Crippen molar-refractivity contribution in [1.29, 1.82) is 0 Å². The van der Waals surface area contributed by atoms with Crippen molar-refractivity contribution in [3.05, 3.63) is 34.4 Å². The van der Waals surface area contributed by atoms with Gasteiger partial charge in [-0.25, -0.2) is 12.7 Å². The zero-order valence-corrected chi connectivity index (χ0v) is 15.0. The maximum Gasteiger partial charge on any atom is 0.289 e. The molecule has 0 unspecified atom stereocenters. The second-order valence-electron chi connectivity index (χ2n) is 4.94. The van der Waals surface area contributed by atoms with Crippen LogP contribution in [0, 0.1) is 10.1 Å². The van der Waals surface area contributed by atoms with Gasteiger partial charge >= 0.3 is 0 Å². The van der Waals surface area contributed by atoms with Crippen LogP contribution in [-0.4, -0.2) is 57.9 Å². The molecule has 0 heterocycles. The molecule has 1 aromatic carbocycles. The molecule has 0 atom stereocenters. The third kappa shape index (κ3) is 7.32. The van der Waals surface area contributed by atoms with E-state index in [1.807, 2.05) is 7.05 Å². The minimum Gasteiger partial charge on any atom is -0.330 e. The number of nitrogens with two attached hydrogens (primary N) is 2. The number of nitrogens with zero attached hydrogens (tertiary/aromatic N) is 2. The van der Waals surface area contributed by atoms with Crippen molar-refractivity contribution < 1.29 is 13.3 Å². The fourth-order valence-electron chi connectivity index (χ4n) is 1.71. The second-order valence-corrected chi connectivity index (χ2v) is 6.95. The maximum atomic E-state index is 12.1. The van der Waals surface area contributed by atoms with Crippen LogP contribution in [-0.2, 0) is 10.0 Å². The molecule has 10 heteroatoms. The topological polar surface area (TPSA) is 145 Å². The number of nitro groups is 1. The molecule has 0 spiro atoms. The minimum atomic E-state index is -3.85. The summed E-state index contributed by atoms with van der Waals surface area (Å²) in [6.45, 7) is 2.42. The number of nitro benzene ring substituents is 1. The van der Waals surface area contributed by atoms with Crippen molar-refractivity contribution in [2.75, 3.05) is 40.3 Å². The predicted octanol–water partition coefficient (Wildman–Crippen LogP) is 0.119. The van der Waals surface area contributed by atoms with Gasteiger partial charge in [0.15, 0.2) is 4.90 Å². The van der Waals surface area contributed by atoms with E-state index in [0.717, 1.165) is 23.8 Å². The van der Waals surface area contributed by atoms with Crippen molar-refractivity contribution in [2.24, 2.45) is 11.5 Å². The smallest absolute Gasteiger partial charge is 0.289 e. The van der Waals surface area contributed by atoms with Crippen LogP contribution < -0.4 is 16.8 Å². The number of hydrogen-bond donors (Lipinski definition) is 3. The molecule has 0 saturated heterocycles. The molecule has 0 aliphatic heterocycles. The van der Waals surface area contributed by atoms with Crippen LogP contribution in [0.15, 0.2) is 29.2 Å². The molecule has 0 aliphatic carbocycles. The lowest BCUT2D eigenvalue weighted by atomic mass is 10.3. The van der Waals surface area contributed by atoms with Crippen molar-refractivity contribution >= 4 is 15.7 Å². The molecule has 0 aliphatic rings. The Labute approximate surface area is 143 Å². The molecule has 0 aromatic heterocycles. The summed E-state index contributed by atoms with van der Waals surface area (Å²) in [6, 6.07) is 5.28. The fraction of sp³-hybridized carbons (Fsp3) is 0.571. The number of nitrogens with one attached hydrogen (secondary N) is 1. The molecule has 9 nitrogen and oxygen atoms in total. The standard InChI is InChI=1S/C10H15N3O4S.C4H12N2/c1-12(8-4-7-11)18(16,17)10-6-3-2-5-9(10)13(14)15;1-6-4-2-3-5/h2-3,5-6H,4,7-8,11H2,1H3;6H,2-5H2,1H3. The predicted molar refractivity (Wildman–Crippen MR) is 94.2 cm³/mol. The zero-order chi connectivity index (χ0) is 18.6. The Morgan fingerprint density at radius 3 is 2.25 bits per heavy atom. The Balaban J connectivity index is 0.000000754. The van der Waals surface area contributed by atoms with E-state index < -0.39 is 20.6 Å². The second kappa shape index (κ2) is 11.9. The van der Waals surface area contributed by atoms with Crippen molar-refractivity contribution in [3.8, 4) is 0 Å². The van der Waals surface area contributed by atoms with E-state index in [-0.39, 0.29) is 11.4 Å². The Morgan fingerprint density at radius 1 is 1.21 bits per heavy atom. The van der Waals surface area contributed by atoms with Gasteiger partial charge in [-0.15, -0.1) is 0 Å². The number of hydrogen-bond acceptors (Lipinski definition) is 7. The molecular weight excluding hydrogens is 334 g/mol. The molecule has 0 bridgehead atoms. The lowest BCUT2D eigenvalue weighted by Crippen LogP contribution is -2.29. The van der Waals surface area contributed by atoms with Gasteiger partial charge in [0.25, 0.3) is 5.69 Å². The van der Waals surface area contributed by atoms with Crippen LogP contribution in [0.1, 0.15) is 12.8 Å². The highest BCUT2D eigenvalue weighted by atomic mass is 32.2. The van der Waals surface area contributed by atoms with Crippen LogP contribution in [0.3, 0.4) is 0 Å². The van der Waals surface area contributed by atoms with E-state index in [1.165, 1.54) is 31.3 Å². The van der Waals surface area contributed by atoms with Gasteiger partial charge < -0.3 is 16.8 Å². The largest absolute Gasteiger partial charge is 0.330 e. The van der Waals surface area contributed by atoms with Crippen LogP contribution >= 0.6 is 0 Å². The zero-order valence-electron chi connectivity index (χ0n) is 14.1. The first-order chi connectivity index (χ1) is 11.3. The monoisotopic (exact) mass is 361 g/mol. The third-order valence-corrected chi connectivity index (χ3v) is 4.96. The highest BCUT2D eigenvalue weighted by molar-refractivity contribution is 7.89. The molecule has 24 heavy (non-hydrogen) atoms. The molecule has 138 valence electrons. The van der Waals surface area contributed by atoms with Crippen LogP contribution in [0.2, 0.25) is 0 Å². The number of benzene rings is 1. The quantitative estimate of drug-likeness (QED) is 0.322. The SMILES string of the molecule is CN(CCCN)S(=O)(=O)c1ccccc1[N+](=O)[O-].CNCCCN. The van der Waals surface area contributed by atoms with Gasteiger partial charge in [-0.3, -0.25) is 10.1 Å². The van der Waals surface area contributed by atoms with E-state index in [9.17, 15) is 18.5 Å². The summed E-state index contributed by atoms with van der Waals surface area (Å²) >= 11 is 0. The number of sulfonamides is 1. The van der Waals surface area contributed by atoms with Crippen molar-refractivity contribution in [3.63, 3.8) is 0 Å². The van der Waals surface area contributed by atoms with Gasteiger partial charge in [0, 0.05) is 19.7 Å². The third-order valence-electron chi connectivity index (χ3n) is 3.06. The van der Waals surface area contributed by atoms with E-state index >= 15 is 0 Å². The van der Waals surface area contributed by atoms with Gasteiger partial charge in [-0.05, 0) is 45.6 Å². The average Bonchev–Trinajstić information content (AvgIpc) is 2.58. The highest BCUT2D eigenvalue weighted by Gasteiger charge is 2.28. The van der Waals surface area contributed by atoms with E-state index in [0.29, 0.717) is 13.0 Å². The molecule has 0 fully saturated rings. The average molecular weight is 361 g/mol. The van der Waals surface area contributed by atoms with Crippen molar-refractivity contribution in [1.82, 2.24) is 9.62 Å². The molecule has 1 rings (SSSR count). The number of para-hydroxylation sites is 1. The van der Waals surface area contributed by atoms with Crippen LogP contribution in [0.5, 0.6) is 0 Å². The highest BCUT2D eigenvalue weighted by Crippen LogP contribution is 2.25. The van der Waals surface area contributed by atoms with E-state index in [2.05, 4.69) is 5.32 Å². The first kappa shape index (κ1) is 22.4. The van der Waals surface area contributed by atoms with Gasteiger partial charge in [-0.2, -0.15) is 0 Å². The minimum absolute atomic E-state index is 0.227. The van der Waals surface area contributed by atoms with Gasteiger partial charge in [0.2, 0.25) is 10.0 Å². The normalized spacial score (nSPS) is 11.0. The Hall–Kier alpha value is -1.59. The Kier molecular flexibility index (Phi) is 11.1. The van der Waals surface area contributed by atoms with Gasteiger partial charge in [-0.1, -0.05) is 12.1 Å². The Morgan fingerprint density at radius 2 is 1.79 bits per heavy atom. The lowest BCUT2D eigenvalue weighted by molar-refractivity contribution is -0.387. The number of rotatable bonds is 9. The summed E-state index contributed by atoms with van der Waals surface area (Å²) in [4.78, 5) is 9.81. The Bertz CT molecular complexity index is 591. The van der Waals surface area contributed by atoms with E-state index in [4.69, 9.17) is 11.5 Å². The van der Waals surface area contributed by atoms with Gasteiger partial charge in [0.1, 0.15) is 0 Å². The molecule has 0 radical (unpaired) electrons. The maximum absolute atomic E-state index is 12.1. The first-order valence-electron chi connectivity index (χ1n) is 7.57. The summed E-state index contributed by atoms with van der Waals surface area (Å²) in [5, 5.41) is 13.8. The fourth-order valence-corrected chi connectivity index (χ4v) is 3.07. The lowest BCUT2D eigenvalue weighted by Gasteiger charge is -2.16. The summed E-state index contributed by atoms with van der Waals surface area (Å²) in [5.41, 5.74) is 10.1. The molecule has 1 aromatic rings. The van der Waals surface area contributed by atoms with Gasteiger partial charge in [0.05, 0.1) is 4.92 Å². The van der Waals surface area contributed by atoms with Crippen molar-refractivity contribution in [2.45, 2.75) is 17.7 Å². The summed E-state index contributed by atoms with van der Waals surface area (Å²) < 4.78 is 25.4. The molecule has 0 saturated carbocycles. The van der Waals surface area contributed by atoms with E-state index in [1.54, 1.807) is 0 Å².